The zero-order chi connectivity index (χ0) is 18.4. The summed E-state index contributed by atoms with van der Waals surface area (Å²) >= 11 is 0. The Balaban J connectivity index is 1.91. The molecule has 0 aliphatic rings. The molecule has 1 atom stereocenters. The van der Waals surface area contributed by atoms with Crippen molar-refractivity contribution < 1.29 is 19.0 Å². The molecule has 0 saturated carbocycles. The van der Waals surface area contributed by atoms with Crippen molar-refractivity contribution in [3.8, 4) is 5.75 Å². The molecule has 2 rings (SSSR count). The van der Waals surface area contributed by atoms with Crippen molar-refractivity contribution in [2.75, 3.05) is 13.7 Å². The number of aliphatic hydroxyl groups is 1. The number of ether oxygens (including phenoxy) is 1. The van der Waals surface area contributed by atoms with E-state index in [2.05, 4.69) is 5.32 Å². The van der Waals surface area contributed by atoms with Gasteiger partial charge in [0.2, 0.25) is 5.91 Å². The van der Waals surface area contributed by atoms with Crippen molar-refractivity contribution in [3.63, 3.8) is 0 Å². The van der Waals surface area contributed by atoms with E-state index in [1.807, 2.05) is 38.1 Å². The fourth-order valence-corrected chi connectivity index (χ4v) is 2.54. The summed E-state index contributed by atoms with van der Waals surface area (Å²) < 4.78 is 18.3. The van der Waals surface area contributed by atoms with E-state index >= 15 is 0 Å². The molecule has 0 heterocycles. The zero-order valence-electron chi connectivity index (χ0n) is 14.8. The van der Waals surface area contributed by atoms with Gasteiger partial charge in [0.05, 0.1) is 19.6 Å². The summed E-state index contributed by atoms with van der Waals surface area (Å²) in [5, 5.41) is 12.9. The van der Waals surface area contributed by atoms with Gasteiger partial charge in [0.1, 0.15) is 11.6 Å². The smallest absolute Gasteiger partial charge is 0.222 e. The second kappa shape index (κ2) is 8.12. The second-order valence-electron chi connectivity index (χ2n) is 6.66. The summed E-state index contributed by atoms with van der Waals surface area (Å²) in [7, 11) is 1.62. The highest BCUT2D eigenvalue weighted by atomic mass is 19.1. The summed E-state index contributed by atoms with van der Waals surface area (Å²) in [5.41, 5.74) is 1.19. The number of hydrogen-bond donors (Lipinski definition) is 2. The number of methoxy groups -OCH3 is 1. The normalized spacial score (nSPS) is 12.5. The molecular formula is C20H24FNO3. The van der Waals surface area contributed by atoms with Gasteiger partial charge in [-0.15, -0.1) is 0 Å². The maximum atomic E-state index is 13.2. The van der Waals surface area contributed by atoms with E-state index in [-0.39, 0.29) is 17.7 Å². The predicted octanol–water partition coefficient (Wildman–Crippen LogP) is 3.35. The Hall–Kier alpha value is -2.40. The molecule has 0 aliphatic carbocycles. The molecule has 0 radical (unpaired) electrons. The number of benzene rings is 2. The number of nitrogens with one attached hydrogen (secondary N) is 1. The average molecular weight is 345 g/mol. The Bertz CT molecular complexity index is 713. The van der Waals surface area contributed by atoms with Crippen LogP contribution in [0.15, 0.2) is 48.5 Å². The van der Waals surface area contributed by atoms with Crippen LogP contribution in [-0.2, 0) is 10.2 Å². The van der Waals surface area contributed by atoms with E-state index in [0.717, 1.165) is 11.3 Å². The van der Waals surface area contributed by atoms with Crippen LogP contribution >= 0.6 is 0 Å². The van der Waals surface area contributed by atoms with E-state index in [9.17, 15) is 14.3 Å². The lowest BCUT2D eigenvalue weighted by atomic mass is 9.84. The Labute approximate surface area is 147 Å². The molecular weight excluding hydrogens is 321 g/mol. The number of rotatable bonds is 7. The number of hydrogen-bond acceptors (Lipinski definition) is 3. The summed E-state index contributed by atoms with van der Waals surface area (Å²) in [6.45, 7) is 4.48. The third kappa shape index (κ3) is 5.29. The fraction of sp³-hybridized carbons (Fsp3) is 0.350. The molecule has 134 valence electrons. The Morgan fingerprint density at radius 1 is 1.24 bits per heavy atom. The highest BCUT2D eigenvalue weighted by Crippen LogP contribution is 2.25. The first-order chi connectivity index (χ1) is 11.8. The molecule has 4 nitrogen and oxygen atoms in total. The van der Waals surface area contributed by atoms with Crippen LogP contribution in [0.4, 0.5) is 4.39 Å². The Kier molecular flexibility index (Phi) is 6.15. The highest BCUT2D eigenvalue weighted by Gasteiger charge is 2.22. The SMILES string of the molecule is COc1ccc(C(C)(C)CNC(=O)CC(O)c2cccc(F)c2)cc1. The van der Waals surface area contributed by atoms with Crippen molar-refractivity contribution in [1.82, 2.24) is 5.32 Å². The fourth-order valence-electron chi connectivity index (χ4n) is 2.54. The van der Waals surface area contributed by atoms with E-state index in [4.69, 9.17) is 4.74 Å². The topological polar surface area (TPSA) is 58.6 Å². The largest absolute Gasteiger partial charge is 0.497 e. The zero-order valence-corrected chi connectivity index (χ0v) is 14.8. The molecule has 0 saturated heterocycles. The first kappa shape index (κ1) is 18.9. The van der Waals surface area contributed by atoms with Crippen molar-refractivity contribution >= 4 is 5.91 Å². The molecule has 1 unspecified atom stereocenters. The maximum Gasteiger partial charge on any atom is 0.222 e. The van der Waals surface area contributed by atoms with Crippen LogP contribution in [0.3, 0.4) is 0 Å². The minimum Gasteiger partial charge on any atom is -0.497 e. The first-order valence-corrected chi connectivity index (χ1v) is 8.16. The molecule has 5 heteroatoms. The first-order valence-electron chi connectivity index (χ1n) is 8.16. The van der Waals surface area contributed by atoms with Gasteiger partial charge >= 0.3 is 0 Å². The lowest BCUT2D eigenvalue weighted by Gasteiger charge is -2.26. The Morgan fingerprint density at radius 3 is 2.52 bits per heavy atom. The molecule has 25 heavy (non-hydrogen) atoms. The van der Waals surface area contributed by atoms with Crippen molar-refractivity contribution in [3.05, 3.63) is 65.5 Å². The standard InChI is InChI=1S/C20H24FNO3/c1-20(2,15-7-9-17(25-3)10-8-15)13-22-19(24)12-18(23)14-5-4-6-16(21)11-14/h4-11,18,23H,12-13H2,1-3H3,(H,22,24). The van der Waals surface area contributed by atoms with Crippen molar-refractivity contribution in [2.45, 2.75) is 31.8 Å². The third-order valence-electron chi connectivity index (χ3n) is 4.21. The van der Waals surface area contributed by atoms with Gasteiger partial charge in [-0.25, -0.2) is 4.39 Å². The van der Waals surface area contributed by atoms with Crippen LogP contribution in [0.5, 0.6) is 5.75 Å². The van der Waals surface area contributed by atoms with E-state index < -0.39 is 11.9 Å². The summed E-state index contributed by atoms with van der Waals surface area (Å²) in [5.74, 6) is 0.0674. The molecule has 2 aromatic rings. The summed E-state index contributed by atoms with van der Waals surface area (Å²) in [4.78, 5) is 12.1. The minimum absolute atomic E-state index is 0.109. The predicted molar refractivity (Wildman–Crippen MR) is 95.0 cm³/mol. The molecule has 0 fully saturated rings. The number of aliphatic hydroxyl groups excluding tert-OH is 1. The quantitative estimate of drug-likeness (QED) is 0.809. The molecule has 2 N–H and O–H groups in total. The number of halogens is 1. The van der Waals surface area contributed by atoms with E-state index in [1.54, 1.807) is 13.2 Å². The molecule has 0 aliphatic heterocycles. The number of amides is 1. The van der Waals surface area contributed by atoms with Gasteiger partial charge in [0, 0.05) is 12.0 Å². The van der Waals surface area contributed by atoms with Crippen LogP contribution in [0.1, 0.15) is 37.5 Å². The van der Waals surface area contributed by atoms with Crippen molar-refractivity contribution in [1.29, 1.82) is 0 Å². The van der Waals surface area contributed by atoms with Gasteiger partial charge in [-0.2, -0.15) is 0 Å². The van der Waals surface area contributed by atoms with Crippen LogP contribution in [0.2, 0.25) is 0 Å². The van der Waals surface area contributed by atoms with Crippen LogP contribution < -0.4 is 10.1 Å². The van der Waals surface area contributed by atoms with E-state index in [1.165, 1.54) is 18.2 Å². The van der Waals surface area contributed by atoms with Gasteiger partial charge in [0.15, 0.2) is 0 Å². The molecule has 1 amide bonds. The lowest BCUT2D eigenvalue weighted by Crippen LogP contribution is -2.37. The third-order valence-corrected chi connectivity index (χ3v) is 4.21. The van der Waals surface area contributed by atoms with Crippen LogP contribution in [-0.4, -0.2) is 24.7 Å². The minimum atomic E-state index is -1.03. The molecule has 0 spiro atoms. The van der Waals surface area contributed by atoms with Gasteiger partial charge < -0.3 is 15.2 Å². The second-order valence-corrected chi connectivity index (χ2v) is 6.66. The van der Waals surface area contributed by atoms with Crippen LogP contribution in [0, 0.1) is 5.82 Å². The number of carbonyl (C=O) groups excluding carboxylic acids is 1. The number of carbonyl (C=O) groups is 1. The van der Waals surface area contributed by atoms with Gasteiger partial charge in [-0.3, -0.25) is 4.79 Å². The van der Waals surface area contributed by atoms with Crippen LogP contribution in [0.25, 0.3) is 0 Å². The molecule has 2 aromatic carbocycles. The summed E-state index contributed by atoms with van der Waals surface area (Å²) in [6.07, 6.45) is -1.14. The molecule has 0 aromatic heterocycles. The monoisotopic (exact) mass is 345 g/mol. The van der Waals surface area contributed by atoms with Gasteiger partial charge in [-0.05, 0) is 35.4 Å². The molecule has 0 bridgehead atoms. The highest BCUT2D eigenvalue weighted by molar-refractivity contribution is 5.76. The lowest BCUT2D eigenvalue weighted by molar-refractivity contribution is -0.123. The average Bonchev–Trinajstić information content (AvgIpc) is 2.60. The van der Waals surface area contributed by atoms with E-state index in [0.29, 0.717) is 12.1 Å². The van der Waals surface area contributed by atoms with Gasteiger partial charge in [-0.1, -0.05) is 38.1 Å². The maximum absolute atomic E-state index is 13.2. The van der Waals surface area contributed by atoms with Gasteiger partial charge in [0.25, 0.3) is 0 Å². The summed E-state index contributed by atoms with van der Waals surface area (Å²) in [6, 6.07) is 13.3. The Morgan fingerprint density at radius 2 is 1.92 bits per heavy atom. The van der Waals surface area contributed by atoms with Crippen molar-refractivity contribution in [2.24, 2.45) is 0 Å².